The average molecular weight is 482 g/mol. The van der Waals surface area contributed by atoms with Crippen LogP contribution >= 0.6 is 11.3 Å². The van der Waals surface area contributed by atoms with Crippen LogP contribution in [0.1, 0.15) is 41.3 Å². The van der Waals surface area contributed by atoms with Gasteiger partial charge in [-0.3, -0.25) is 9.69 Å². The molecular formula is C25H24FN3O4S. The Morgan fingerprint density at radius 1 is 1.24 bits per heavy atom. The van der Waals surface area contributed by atoms with Crippen molar-refractivity contribution >= 4 is 22.4 Å². The van der Waals surface area contributed by atoms with Crippen LogP contribution in [0.5, 0.6) is 11.5 Å². The number of hydrogen-bond donors (Lipinski definition) is 2. The number of hydrogen-bond acceptors (Lipinski definition) is 7. The van der Waals surface area contributed by atoms with E-state index in [2.05, 4.69) is 15.2 Å². The number of aromatic nitrogens is 1. The van der Waals surface area contributed by atoms with Crippen molar-refractivity contribution in [1.29, 1.82) is 0 Å². The Labute approximate surface area is 200 Å². The van der Waals surface area contributed by atoms with Crippen LogP contribution in [0.4, 0.5) is 9.52 Å². The summed E-state index contributed by atoms with van der Waals surface area (Å²) in [5, 5.41) is 13.5. The lowest BCUT2D eigenvalue weighted by Crippen LogP contribution is -2.28. The Kier molecular flexibility index (Phi) is 5.28. The molecule has 1 saturated carbocycles. The van der Waals surface area contributed by atoms with Crippen LogP contribution in [0.15, 0.2) is 48.7 Å². The number of rotatable bonds is 6. The van der Waals surface area contributed by atoms with Crippen molar-refractivity contribution < 1.29 is 23.8 Å². The molecule has 0 spiro atoms. The number of carbonyl (C=O) groups is 1. The van der Waals surface area contributed by atoms with Gasteiger partial charge < -0.3 is 19.9 Å². The molecule has 3 heterocycles. The first kappa shape index (κ1) is 21.5. The molecule has 1 amide bonds. The summed E-state index contributed by atoms with van der Waals surface area (Å²) >= 11 is 1.34. The van der Waals surface area contributed by atoms with E-state index in [9.17, 15) is 14.3 Å². The zero-order chi connectivity index (χ0) is 23.3. The first-order valence-corrected chi connectivity index (χ1v) is 12.2. The second kappa shape index (κ2) is 8.33. The zero-order valence-corrected chi connectivity index (χ0v) is 19.2. The first-order chi connectivity index (χ1) is 16.5. The molecule has 1 saturated heterocycles. The van der Waals surface area contributed by atoms with Crippen LogP contribution in [0.25, 0.3) is 0 Å². The van der Waals surface area contributed by atoms with Gasteiger partial charge in [0.2, 0.25) is 12.7 Å². The maximum Gasteiger partial charge on any atom is 0.236 e. The highest BCUT2D eigenvalue weighted by molar-refractivity contribution is 7.15. The topological polar surface area (TPSA) is 83.9 Å². The minimum absolute atomic E-state index is 0.105. The number of nitrogens with zero attached hydrogens (tertiary/aromatic N) is 2. The molecule has 34 heavy (non-hydrogen) atoms. The van der Waals surface area contributed by atoms with E-state index in [4.69, 9.17) is 9.47 Å². The molecule has 1 aromatic heterocycles. The molecule has 7 nitrogen and oxygen atoms in total. The molecule has 176 valence electrons. The number of thiazole rings is 1. The molecule has 0 radical (unpaired) electrons. The highest BCUT2D eigenvalue weighted by Crippen LogP contribution is 2.51. The summed E-state index contributed by atoms with van der Waals surface area (Å²) in [5.74, 6) is 0.947. The molecule has 0 bridgehead atoms. The van der Waals surface area contributed by atoms with Gasteiger partial charge in [-0.25, -0.2) is 9.37 Å². The normalized spacial score (nSPS) is 21.4. The summed E-state index contributed by atoms with van der Waals surface area (Å²) in [6.45, 7) is 1.32. The summed E-state index contributed by atoms with van der Waals surface area (Å²) in [6.07, 6.45) is 3.41. The van der Waals surface area contributed by atoms with E-state index in [1.54, 1.807) is 18.3 Å². The molecule has 1 aliphatic carbocycles. The Bertz CT molecular complexity index is 1240. The number of amides is 1. The Morgan fingerprint density at radius 3 is 2.82 bits per heavy atom. The second-order valence-corrected chi connectivity index (χ2v) is 10.1. The van der Waals surface area contributed by atoms with E-state index < -0.39 is 11.5 Å². The first-order valence-electron chi connectivity index (χ1n) is 11.4. The van der Waals surface area contributed by atoms with E-state index in [-0.39, 0.29) is 24.6 Å². The number of benzene rings is 2. The fourth-order valence-corrected chi connectivity index (χ4v) is 5.85. The van der Waals surface area contributed by atoms with E-state index in [0.717, 1.165) is 23.3 Å². The summed E-state index contributed by atoms with van der Waals surface area (Å²) in [5.41, 5.74) is 0.843. The van der Waals surface area contributed by atoms with Crippen molar-refractivity contribution in [3.8, 4) is 11.5 Å². The lowest BCUT2D eigenvalue weighted by molar-refractivity contribution is -0.118. The van der Waals surface area contributed by atoms with Gasteiger partial charge in [0.05, 0.1) is 17.6 Å². The van der Waals surface area contributed by atoms with Crippen molar-refractivity contribution in [3.05, 3.63) is 70.5 Å². The third kappa shape index (κ3) is 3.73. The predicted molar refractivity (Wildman–Crippen MR) is 125 cm³/mol. The van der Waals surface area contributed by atoms with Gasteiger partial charge >= 0.3 is 0 Å². The number of nitrogens with one attached hydrogen (secondary N) is 1. The van der Waals surface area contributed by atoms with Gasteiger partial charge in [-0.1, -0.05) is 35.6 Å². The van der Waals surface area contributed by atoms with Crippen molar-refractivity contribution in [2.75, 3.05) is 25.2 Å². The quantitative estimate of drug-likeness (QED) is 0.557. The molecule has 2 aromatic carbocycles. The number of aliphatic hydroxyl groups excluding tert-OH is 1. The van der Waals surface area contributed by atoms with Gasteiger partial charge in [0, 0.05) is 29.7 Å². The van der Waals surface area contributed by atoms with Gasteiger partial charge in [0.25, 0.3) is 0 Å². The minimum Gasteiger partial charge on any atom is -0.454 e. The van der Waals surface area contributed by atoms with Crippen LogP contribution in [-0.2, 0) is 10.2 Å². The maximum atomic E-state index is 14.7. The molecule has 6 rings (SSSR count). The second-order valence-electron chi connectivity index (χ2n) is 9.03. The third-order valence-corrected chi connectivity index (χ3v) is 7.85. The fourth-order valence-electron chi connectivity index (χ4n) is 4.88. The van der Waals surface area contributed by atoms with Crippen LogP contribution in [-0.4, -0.2) is 46.9 Å². The largest absolute Gasteiger partial charge is 0.454 e. The zero-order valence-electron chi connectivity index (χ0n) is 18.4. The molecule has 3 aliphatic rings. The van der Waals surface area contributed by atoms with E-state index in [1.807, 2.05) is 24.3 Å². The van der Waals surface area contributed by atoms with Crippen LogP contribution in [0.2, 0.25) is 0 Å². The lowest BCUT2D eigenvalue weighted by Gasteiger charge is -2.27. The van der Waals surface area contributed by atoms with E-state index in [0.29, 0.717) is 41.7 Å². The van der Waals surface area contributed by atoms with Gasteiger partial charge in [-0.15, -0.1) is 0 Å². The number of carbonyl (C=O) groups excluding carboxylic acids is 1. The molecule has 2 atom stereocenters. The third-order valence-electron chi connectivity index (χ3n) is 6.88. The van der Waals surface area contributed by atoms with Crippen molar-refractivity contribution in [2.24, 2.45) is 0 Å². The number of likely N-dealkylation sites (tertiary alicyclic amines) is 1. The smallest absolute Gasteiger partial charge is 0.236 e. The molecule has 9 heteroatoms. The predicted octanol–water partition coefficient (Wildman–Crippen LogP) is 3.84. The summed E-state index contributed by atoms with van der Waals surface area (Å²) < 4.78 is 25.6. The van der Waals surface area contributed by atoms with Crippen molar-refractivity contribution in [2.45, 2.75) is 36.8 Å². The van der Waals surface area contributed by atoms with Gasteiger partial charge in [0.1, 0.15) is 5.82 Å². The van der Waals surface area contributed by atoms with Crippen molar-refractivity contribution in [3.63, 3.8) is 0 Å². The number of anilines is 1. The maximum absolute atomic E-state index is 14.7. The molecule has 2 fully saturated rings. The van der Waals surface area contributed by atoms with Crippen LogP contribution in [0.3, 0.4) is 0 Å². The number of β-amino-alcohol motifs (C(OH)–C–C–N with tert-alkyl or cyclic N) is 1. The molecular weight excluding hydrogens is 457 g/mol. The fraction of sp³-hybridized carbons (Fsp3) is 0.360. The molecule has 3 aromatic rings. The van der Waals surface area contributed by atoms with E-state index >= 15 is 0 Å². The standard InChI is InChI=1S/C25H24FN3O4S/c26-18-4-2-1-3-17(18)22(29-10-7-16(30)13-29)21-12-27-24(34-21)28-23(31)25(8-9-25)15-5-6-19-20(11-15)33-14-32-19/h1-6,11-12,16,22,30H,7-10,13-14H2,(H,27,28,31)/t16-,22?/m1/s1. The highest BCUT2D eigenvalue weighted by Gasteiger charge is 2.52. The van der Waals surface area contributed by atoms with E-state index in [1.165, 1.54) is 17.4 Å². The van der Waals surface area contributed by atoms with Crippen LogP contribution in [0, 0.1) is 5.82 Å². The number of aliphatic hydroxyl groups is 1. The monoisotopic (exact) mass is 481 g/mol. The SMILES string of the molecule is O=C(Nc1ncc(C(c2ccccc2F)N2CC[C@@H](O)C2)s1)C1(c2ccc3c(c2)OCO3)CC1. The Hall–Kier alpha value is -3.01. The van der Waals surface area contributed by atoms with Gasteiger partial charge in [0.15, 0.2) is 16.6 Å². The molecule has 2 N–H and O–H groups in total. The lowest BCUT2D eigenvalue weighted by atomic mass is 9.94. The van der Waals surface area contributed by atoms with Gasteiger partial charge in [-0.05, 0) is 43.0 Å². The summed E-state index contributed by atoms with van der Waals surface area (Å²) in [6, 6.07) is 12.0. The van der Waals surface area contributed by atoms with Crippen LogP contribution < -0.4 is 14.8 Å². The Morgan fingerprint density at radius 2 is 2.06 bits per heavy atom. The average Bonchev–Trinajstić information content (AvgIpc) is 3.13. The van der Waals surface area contributed by atoms with Gasteiger partial charge in [-0.2, -0.15) is 0 Å². The number of halogens is 1. The summed E-state index contributed by atoms with van der Waals surface area (Å²) in [7, 11) is 0. The number of ether oxygens (including phenoxy) is 2. The summed E-state index contributed by atoms with van der Waals surface area (Å²) in [4.78, 5) is 20.6. The molecule has 2 aliphatic heterocycles. The van der Waals surface area contributed by atoms with Crippen molar-refractivity contribution in [1.82, 2.24) is 9.88 Å². The highest BCUT2D eigenvalue weighted by atomic mass is 32.1. The number of fused-ring (bicyclic) bond motifs is 1. The molecule has 1 unspecified atom stereocenters. The Balaban J connectivity index is 1.25. The minimum atomic E-state index is -0.600.